The molecule has 0 unspecified atom stereocenters. The van der Waals surface area contributed by atoms with Gasteiger partial charge in [-0.05, 0) is 61.4 Å². The molecule has 0 saturated heterocycles. The number of hydrogen-bond acceptors (Lipinski definition) is 4. The largest absolute Gasteiger partial charge is 0.450 e. The highest BCUT2D eigenvalue weighted by Crippen LogP contribution is 2.39. The summed E-state index contributed by atoms with van der Waals surface area (Å²) in [4.78, 5) is 29.6. The molecule has 5 heteroatoms. The fraction of sp³-hybridized carbons (Fsp3) is 0.304. The minimum atomic E-state index is -0.403. The highest BCUT2D eigenvalue weighted by Gasteiger charge is 2.42. The Morgan fingerprint density at radius 3 is 2.46 bits per heavy atom. The fourth-order valence-corrected chi connectivity index (χ4v) is 4.53. The summed E-state index contributed by atoms with van der Waals surface area (Å²) in [5.74, 6) is -0.0103. The molecule has 0 spiro atoms. The van der Waals surface area contributed by atoms with Crippen LogP contribution in [0.1, 0.15) is 52.2 Å². The molecule has 0 N–H and O–H groups in total. The molecule has 0 fully saturated rings. The summed E-state index contributed by atoms with van der Waals surface area (Å²) in [7, 11) is 0. The quantitative estimate of drug-likeness (QED) is 0.580. The van der Waals surface area contributed by atoms with Crippen molar-refractivity contribution in [1.29, 1.82) is 0 Å². The monoisotopic (exact) mass is 393 g/mol. The molecule has 1 atom stereocenters. The van der Waals surface area contributed by atoms with E-state index < -0.39 is 6.04 Å². The summed E-state index contributed by atoms with van der Waals surface area (Å²) in [6.07, 6.45) is 2.84. The van der Waals surface area contributed by atoms with Gasteiger partial charge in [0.25, 0.3) is 5.91 Å². The van der Waals surface area contributed by atoms with Gasteiger partial charge in [0.2, 0.25) is 5.76 Å². The molecule has 2 heterocycles. The number of fused-ring (bicyclic) bond motifs is 2. The van der Waals surface area contributed by atoms with E-state index >= 15 is 0 Å². The van der Waals surface area contributed by atoms with Crippen LogP contribution in [0.15, 0.2) is 50.5 Å². The van der Waals surface area contributed by atoms with E-state index in [0.29, 0.717) is 23.1 Å². The highest BCUT2D eigenvalue weighted by molar-refractivity contribution is 7.98. The van der Waals surface area contributed by atoms with Gasteiger partial charge in [-0.2, -0.15) is 0 Å². The molecule has 28 heavy (non-hydrogen) atoms. The first-order valence-corrected chi connectivity index (χ1v) is 10.7. The predicted molar refractivity (Wildman–Crippen MR) is 113 cm³/mol. The lowest BCUT2D eigenvalue weighted by atomic mass is 9.97. The van der Waals surface area contributed by atoms with Gasteiger partial charge in [-0.1, -0.05) is 25.1 Å². The van der Waals surface area contributed by atoms with Crippen molar-refractivity contribution in [2.45, 2.75) is 38.1 Å². The number of carbonyl (C=O) groups excluding carboxylic acids is 1. The van der Waals surface area contributed by atoms with E-state index in [1.165, 1.54) is 0 Å². The second-order valence-corrected chi connectivity index (χ2v) is 8.18. The van der Waals surface area contributed by atoms with E-state index in [-0.39, 0.29) is 17.1 Å². The number of aryl methyl sites for hydroxylation is 2. The SMILES string of the molecule is CCCN1C(=O)c2oc3cc(C)cc(C)c3c(=O)c2[C@@H]1c1ccc(SC)cc1. The molecular weight excluding hydrogens is 370 g/mol. The molecule has 3 aromatic rings. The zero-order chi connectivity index (χ0) is 20.0. The van der Waals surface area contributed by atoms with Gasteiger partial charge in [-0.3, -0.25) is 9.59 Å². The Balaban J connectivity index is 2.00. The van der Waals surface area contributed by atoms with Crippen molar-refractivity contribution in [1.82, 2.24) is 4.90 Å². The first-order valence-electron chi connectivity index (χ1n) is 9.49. The van der Waals surface area contributed by atoms with Gasteiger partial charge in [-0.25, -0.2) is 0 Å². The summed E-state index contributed by atoms with van der Waals surface area (Å²) in [6.45, 7) is 6.48. The Bertz CT molecular complexity index is 1130. The van der Waals surface area contributed by atoms with Crippen LogP contribution < -0.4 is 5.43 Å². The molecule has 1 aliphatic heterocycles. The smallest absolute Gasteiger partial charge is 0.290 e. The molecule has 1 aromatic heterocycles. The van der Waals surface area contributed by atoms with Crippen LogP contribution in [0.25, 0.3) is 11.0 Å². The number of thioether (sulfide) groups is 1. The molecule has 0 aliphatic carbocycles. The maximum atomic E-state index is 13.5. The van der Waals surface area contributed by atoms with Crippen LogP contribution in [-0.2, 0) is 0 Å². The molecule has 0 radical (unpaired) electrons. The number of carbonyl (C=O) groups is 1. The molecule has 2 aromatic carbocycles. The third-order valence-corrected chi connectivity index (χ3v) is 6.05. The Morgan fingerprint density at radius 1 is 1.11 bits per heavy atom. The fourth-order valence-electron chi connectivity index (χ4n) is 4.12. The second-order valence-electron chi connectivity index (χ2n) is 7.30. The lowest BCUT2D eigenvalue weighted by Crippen LogP contribution is -2.30. The van der Waals surface area contributed by atoms with Gasteiger partial charge < -0.3 is 9.32 Å². The Hall–Kier alpha value is -2.53. The van der Waals surface area contributed by atoms with Crippen LogP contribution in [-0.4, -0.2) is 23.6 Å². The zero-order valence-electron chi connectivity index (χ0n) is 16.5. The minimum Gasteiger partial charge on any atom is -0.450 e. The molecule has 4 rings (SSSR count). The van der Waals surface area contributed by atoms with Gasteiger partial charge in [0.15, 0.2) is 5.43 Å². The number of hydrogen-bond donors (Lipinski definition) is 0. The van der Waals surface area contributed by atoms with Crippen LogP contribution in [0.5, 0.6) is 0 Å². The topological polar surface area (TPSA) is 50.5 Å². The molecule has 4 nitrogen and oxygen atoms in total. The number of rotatable bonds is 4. The van der Waals surface area contributed by atoms with E-state index in [2.05, 4.69) is 0 Å². The second kappa shape index (κ2) is 7.13. The number of amides is 1. The van der Waals surface area contributed by atoms with Crippen LogP contribution in [0.3, 0.4) is 0 Å². The van der Waals surface area contributed by atoms with Crippen LogP contribution in [0.2, 0.25) is 0 Å². The zero-order valence-corrected chi connectivity index (χ0v) is 17.4. The average molecular weight is 394 g/mol. The van der Waals surface area contributed by atoms with E-state index in [1.54, 1.807) is 16.7 Å². The summed E-state index contributed by atoms with van der Waals surface area (Å²) in [5, 5.41) is 0.571. The molecule has 1 aliphatic rings. The van der Waals surface area contributed by atoms with Crippen molar-refractivity contribution in [3.63, 3.8) is 0 Å². The minimum absolute atomic E-state index is 0.0975. The molecule has 0 saturated carbocycles. The van der Waals surface area contributed by atoms with Crippen LogP contribution in [0.4, 0.5) is 0 Å². The van der Waals surface area contributed by atoms with E-state index in [0.717, 1.165) is 28.0 Å². The first-order chi connectivity index (χ1) is 13.5. The maximum absolute atomic E-state index is 13.5. The summed E-state index contributed by atoms with van der Waals surface area (Å²) in [5.41, 5.74) is 3.69. The van der Waals surface area contributed by atoms with Crippen molar-refractivity contribution in [2.24, 2.45) is 0 Å². The molecule has 144 valence electrons. The molecular formula is C23H23NO3S. The summed E-state index contributed by atoms with van der Waals surface area (Å²) >= 11 is 1.66. The molecule has 0 bridgehead atoms. The predicted octanol–water partition coefficient (Wildman–Crippen LogP) is 5.09. The lowest BCUT2D eigenvalue weighted by Gasteiger charge is -2.24. The maximum Gasteiger partial charge on any atom is 0.290 e. The van der Waals surface area contributed by atoms with Gasteiger partial charge in [-0.15, -0.1) is 11.8 Å². The third kappa shape index (κ3) is 2.85. The Kier molecular flexibility index (Phi) is 4.79. The van der Waals surface area contributed by atoms with E-state index in [1.807, 2.05) is 63.4 Å². The highest BCUT2D eigenvalue weighted by atomic mass is 32.2. The number of nitrogens with zero attached hydrogens (tertiary/aromatic N) is 1. The summed E-state index contributed by atoms with van der Waals surface area (Å²) < 4.78 is 6.04. The van der Waals surface area contributed by atoms with Crippen molar-refractivity contribution < 1.29 is 9.21 Å². The number of benzene rings is 2. The Labute approximate surface area is 168 Å². The standard InChI is InChI=1S/C23H23NO3S/c1-5-10-24-20(15-6-8-16(28-4)9-7-15)19-21(25)18-14(3)11-13(2)12-17(18)27-22(19)23(24)26/h6-9,11-12,20H,5,10H2,1-4H3/t20-/m0/s1. The van der Waals surface area contributed by atoms with Gasteiger partial charge in [0.1, 0.15) is 5.58 Å². The van der Waals surface area contributed by atoms with Crippen molar-refractivity contribution >= 4 is 28.6 Å². The van der Waals surface area contributed by atoms with Gasteiger partial charge >= 0.3 is 0 Å². The summed E-state index contributed by atoms with van der Waals surface area (Å²) in [6, 6.07) is 11.5. The molecule has 1 amide bonds. The average Bonchev–Trinajstić information content (AvgIpc) is 2.94. The first kappa shape index (κ1) is 18.8. The van der Waals surface area contributed by atoms with Crippen molar-refractivity contribution in [3.8, 4) is 0 Å². The van der Waals surface area contributed by atoms with E-state index in [9.17, 15) is 9.59 Å². The van der Waals surface area contributed by atoms with Gasteiger partial charge in [0, 0.05) is 11.4 Å². The van der Waals surface area contributed by atoms with Crippen LogP contribution in [0, 0.1) is 13.8 Å². The normalized spacial score (nSPS) is 16.1. The third-order valence-electron chi connectivity index (χ3n) is 5.31. The van der Waals surface area contributed by atoms with Crippen molar-refractivity contribution in [2.75, 3.05) is 12.8 Å². The van der Waals surface area contributed by atoms with Gasteiger partial charge in [0.05, 0.1) is 17.0 Å². The van der Waals surface area contributed by atoms with Crippen LogP contribution >= 0.6 is 11.8 Å². The van der Waals surface area contributed by atoms with E-state index in [4.69, 9.17) is 4.42 Å². The lowest BCUT2D eigenvalue weighted by molar-refractivity contribution is 0.0728. The van der Waals surface area contributed by atoms with Crippen molar-refractivity contribution in [3.05, 3.63) is 74.6 Å². The Morgan fingerprint density at radius 2 is 1.82 bits per heavy atom.